The molecule has 3 heteroatoms. The Morgan fingerprint density at radius 1 is 0.957 bits per heavy atom. The van der Waals surface area contributed by atoms with Crippen molar-refractivity contribution in [3.63, 3.8) is 0 Å². The summed E-state index contributed by atoms with van der Waals surface area (Å²) < 4.78 is 0. The Bertz CT molecular complexity index is 520. The van der Waals surface area contributed by atoms with E-state index in [-0.39, 0.29) is 5.41 Å². The zero-order valence-electron chi connectivity index (χ0n) is 14.8. The molecule has 0 aromatic rings. The van der Waals surface area contributed by atoms with Gasteiger partial charge in [0.1, 0.15) is 5.54 Å². The molecule has 23 heavy (non-hydrogen) atoms. The highest BCUT2D eigenvalue weighted by atomic mass is 16.4. The minimum absolute atomic E-state index is 0.197. The third-order valence-corrected chi connectivity index (χ3v) is 9.22. The molecular weight excluding hydrogens is 286 g/mol. The molecule has 2 unspecified atom stereocenters. The number of nitrogens with two attached hydrogens (primary N) is 1. The minimum atomic E-state index is -0.993. The van der Waals surface area contributed by atoms with E-state index in [4.69, 9.17) is 5.73 Å². The van der Waals surface area contributed by atoms with Crippen molar-refractivity contribution in [1.29, 1.82) is 0 Å². The summed E-state index contributed by atoms with van der Waals surface area (Å²) in [6.07, 6.45) is 12.3. The van der Waals surface area contributed by atoms with E-state index in [1.165, 1.54) is 44.9 Å². The summed E-state index contributed by atoms with van der Waals surface area (Å²) in [5.41, 5.74) is 5.81. The van der Waals surface area contributed by atoms with Crippen LogP contribution in [0.4, 0.5) is 0 Å². The van der Waals surface area contributed by atoms with Gasteiger partial charge >= 0.3 is 5.97 Å². The highest BCUT2D eigenvalue weighted by Crippen LogP contribution is 2.67. The summed E-state index contributed by atoms with van der Waals surface area (Å²) in [6, 6.07) is 0. The Morgan fingerprint density at radius 3 is 2.43 bits per heavy atom. The Morgan fingerprint density at radius 2 is 1.70 bits per heavy atom. The molecule has 0 aliphatic heterocycles. The lowest BCUT2D eigenvalue weighted by Crippen LogP contribution is -2.62. The van der Waals surface area contributed by atoms with Gasteiger partial charge in [0.15, 0.2) is 0 Å². The number of carboxylic acids is 1. The molecule has 0 aromatic carbocycles. The van der Waals surface area contributed by atoms with Crippen LogP contribution >= 0.6 is 0 Å². The van der Waals surface area contributed by atoms with Gasteiger partial charge in [-0.25, -0.2) is 0 Å². The Hall–Kier alpha value is -0.570. The quantitative estimate of drug-likeness (QED) is 0.761. The van der Waals surface area contributed by atoms with Crippen LogP contribution < -0.4 is 5.73 Å². The minimum Gasteiger partial charge on any atom is -0.480 e. The van der Waals surface area contributed by atoms with Gasteiger partial charge in [0.25, 0.3) is 0 Å². The molecule has 130 valence electrons. The zero-order chi connectivity index (χ0) is 16.5. The standard InChI is InChI=1S/C20H33NO2/c1-18-10-4-3-5-13(18)6-7-14-15(18)8-11-19(2)16(14)9-12-20(19,21)17(22)23/h13-16H,3-12,21H2,1-2H3,(H,22,23)/t13?,14-,15-,16+,18+,19+,20?/m1/s1. The molecule has 3 nitrogen and oxygen atoms in total. The first-order chi connectivity index (χ1) is 10.8. The van der Waals surface area contributed by atoms with Crippen molar-refractivity contribution in [3.05, 3.63) is 0 Å². The van der Waals surface area contributed by atoms with Gasteiger partial charge in [-0.15, -0.1) is 0 Å². The topological polar surface area (TPSA) is 63.3 Å². The number of rotatable bonds is 1. The summed E-state index contributed by atoms with van der Waals surface area (Å²) in [5.74, 6) is 2.22. The van der Waals surface area contributed by atoms with Crippen LogP contribution in [-0.2, 0) is 4.79 Å². The molecule has 3 N–H and O–H groups in total. The Labute approximate surface area is 140 Å². The van der Waals surface area contributed by atoms with Gasteiger partial charge < -0.3 is 10.8 Å². The van der Waals surface area contributed by atoms with Crippen molar-refractivity contribution in [2.24, 2.45) is 40.2 Å². The average molecular weight is 319 g/mol. The van der Waals surface area contributed by atoms with Gasteiger partial charge in [-0.1, -0.05) is 26.7 Å². The Balaban J connectivity index is 1.67. The summed E-state index contributed by atoms with van der Waals surface area (Å²) in [7, 11) is 0. The summed E-state index contributed by atoms with van der Waals surface area (Å²) >= 11 is 0. The first-order valence-electron chi connectivity index (χ1n) is 9.85. The molecule has 4 aliphatic carbocycles. The highest BCUT2D eigenvalue weighted by molar-refractivity contribution is 5.80. The molecule has 0 bridgehead atoms. The van der Waals surface area contributed by atoms with E-state index >= 15 is 0 Å². The molecule has 0 heterocycles. The maximum atomic E-state index is 11.9. The first-order valence-corrected chi connectivity index (χ1v) is 9.85. The second-order valence-electron chi connectivity index (χ2n) is 9.67. The average Bonchev–Trinajstić information content (AvgIpc) is 2.80. The zero-order valence-corrected chi connectivity index (χ0v) is 14.8. The molecule has 0 saturated heterocycles. The smallest absolute Gasteiger partial charge is 0.324 e. The lowest BCUT2D eigenvalue weighted by Gasteiger charge is -2.61. The molecule has 4 saturated carbocycles. The summed E-state index contributed by atoms with van der Waals surface area (Å²) in [6.45, 7) is 4.77. The molecule has 0 amide bonds. The van der Waals surface area contributed by atoms with Crippen molar-refractivity contribution >= 4 is 5.97 Å². The van der Waals surface area contributed by atoms with Crippen LogP contribution in [0.25, 0.3) is 0 Å². The van der Waals surface area contributed by atoms with E-state index in [1.54, 1.807) is 0 Å². The van der Waals surface area contributed by atoms with Crippen molar-refractivity contribution in [3.8, 4) is 0 Å². The van der Waals surface area contributed by atoms with Crippen LogP contribution in [0.15, 0.2) is 0 Å². The first kappa shape index (κ1) is 15.9. The number of hydrogen-bond donors (Lipinski definition) is 2. The number of aliphatic carboxylic acids is 1. The second kappa shape index (κ2) is 4.97. The fourth-order valence-electron chi connectivity index (χ4n) is 7.72. The fraction of sp³-hybridized carbons (Fsp3) is 0.950. The van der Waals surface area contributed by atoms with Gasteiger partial charge in [-0.2, -0.15) is 0 Å². The molecule has 4 fully saturated rings. The second-order valence-corrected chi connectivity index (χ2v) is 9.67. The SMILES string of the molecule is C[C@]12CCCCC1CC[C@@H]1[C@H]2CC[C@@]2(C)[C@H]1CCC2(N)C(=O)O. The maximum Gasteiger partial charge on any atom is 0.324 e. The molecule has 4 aliphatic rings. The lowest BCUT2D eigenvalue weighted by molar-refractivity contribution is -0.155. The van der Waals surface area contributed by atoms with Crippen LogP contribution in [0.3, 0.4) is 0 Å². The molecule has 0 radical (unpaired) electrons. The Kier molecular flexibility index (Phi) is 3.44. The van der Waals surface area contributed by atoms with Crippen molar-refractivity contribution in [1.82, 2.24) is 0 Å². The molecule has 0 aromatic heterocycles. The molecular formula is C20H33NO2. The largest absolute Gasteiger partial charge is 0.480 e. The van der Waals surface area contributed by atoms with Crippen LogP contribution in [0.5, 0.6) is 0 Å². The lowest BCUT2D eigenvalue weighted by atomic mass is 9.44. The van der Waals surface area contributed by atoms with Gasteiger partial charge in [0.05, 0.1) is 0 Å². The third kappa shape index (κ3) is 1.89. The van der Waals surface area contributed by atoms with Crippen molar-refractivity contribution in [2.75, 3.05) is 0 Å². The van der Waals surface area contributed by atoms with Crippen LogP contribution in [0.2, 0.25) is 0 Å². The fourth-order valence-corrected chi connectivity index (χ4v) is 7.72. The highest BCUT2D eigenvalue weighted by Gasteiger charge is 2.65. The van der Waals surface area contributed by atoms with Crippen molar-refractivity contribution in [2.45, 2.75) is 83.6 Å². The van der Waals surface area contributed by atoms with E-state index in [1.807, 2.05) is 0 Å². The van der Waals surface area contributed by atoms with Crippen LogP contribution in [0.1, 0.15) is 78.1 Å². The van der Waals surface area contributed by atoms with Crippen LogP contribution in [0, 0.1) is 34.5 Å². The van der Waals surface area contributed by atoms with E-state index in [0.717, 1.165) is 30.6 Å². The van der Waals surface area contributed by atoms with Gasteiger partial charge in [0, 0.05) is 0 Å². The van der Waals surface area contributed by atoms with Gasteiger partial charge in [0.2, 0.25) is 0 Å². The van der Waals surface area contributed by atoms with Gasteiger partial charge in [-0.3, -0.25) is 4.79 Å². The van der Waals surface area contributed by atoms with E-state index in [2.05, 4.69) is 13.8 Å². The van der Waals surface area contributed by atoms with Crippen molar-refractivity contribution < 1.29 is 9.90 Å². The number of hydrogen-bond acceptors (Lipinski definition) is 2. The summed E-state index contributed by atoms with van der Waals surface area (Å²) in [5, 5.41) is 9.79. The third-order valence-electron chi connectivity index (χ3n) is 9.22. The van der Waals surface area contributed by atoms with E-state index < -0.39 is 11.5 Å². The predicted molar refractivity (Wildman–Crippen MR) is 90.9 cm³/mol. The number of fused-ring (bicyclic) bond motifs is 5. The predicted octanol–water partition coefficient (Wildman–Crippen LogP) is 4.20. The van der Waals surface area contributed by atoms with E-state index in [9.17, 15) is 9.90 Å². The molecule has 7 atom stereocenters. The van der Waals surface area contributed by atoms with E-state index in [0.29, 0.717) is 17.8 Å². The number of carbonyl (C=O) groups is 1. The number of carboxylic acid groups (broad SMARTS) is 1. The van der Waals surface area contributed by atoms with Crippen LogP contribution in [-0.4, -0.2) is 16.6 Å². The summed E-state index contributed by atoms with van der Waals surface area (Å²) in [4.78, 5) is 11.9. The monoisotopic (exact) mass is 319 g/mol. The normalized spacial score (nSPS) is 55.6. The van der Waals surface area contributed by atoms with Gasteiger partial charge in [-0.05, 0) is 85.9 Å². The maximum absolute atomic E-state index is 11.9. The molecule has 0 spiro atoms. The molecule has 4 rings (SSSR count).